The van der Waals surface area contributed by atoms with Gasteiger partial charge >= 0.3 is 30.9 Å². The largest absolute Gasteiger partial charge is 1.00 e. The molecule has 9 heteroatoms. The fraction of sp³-hybridized carbons (Fsp3) is 0.632. The van der Waals surface area contributed by atoms with E-state index in [0.29, 0.717) is 31.9 Å². The number of furan rings is 1. The Morgan fingerprint density at radius 3 is 2.36 bits per heavy atom. The molecule has 1 aromatic rings. The second kappa shape index (κ2) is 10.6. The molecule has 3 amide bonds. The molecule has 2 N–H and O–H groups in total. The Hall–Kier alpha value is -1.91. The van der Waals surface area contributed by atoms with Crippen molar-refractivity contribution in [2.45, 2.75) is 44.6 Å². The number of urea groups is 1. The molecule has 0 spiro atoms. The molecule has 1 aromatic heterocycles. The van der Waals surface area contributed by atoms with Crippen LogP contribution in [0.15, 0.2) is 22.8 Å². The predicted octanol–water partition coefficient (Wildman–Crippen LogP) is -0.713. The van der Waals surface area contributed by atoms with E-state index in [1.54, 1.807) is 21.9 Å². The molecule has 1 aliphatic carbocycles. The maximum atomic E-state index is 12.6. The summed E-state index contributed by atoms with van der Waals surface area (Å²) < 4.78 is 5.14. The number of aliphatic carboxylic acids is 1. The van der Waals surface area contributed by atoms with Crippen molar-refractivity contribution >= 4 is 17.9 Å². The summed E-state index contributed by atoms with van der Waals surface area (Å²) in [5.74, 6) is -0.543. The zero-order valence-electron chi connectivity index (χ0n) is 17.4. The van der Waals surface area contributed by atoms with Gasteiger partial charge in [0.1, 0.15) is 0 Å². The molecule has 1 unspecified atom stereocenters. The zero-order chi connectivity index (χ0) is 19.2. The van der Waals surface area contributed by atoms with Gasteiger partial charge in [-0.15, -0.1) is 0 Å². The van der Waals surface area contributed by atoms with Gasteiger partial charge in [-0.2, -0.15) is 0 Å². The third-order valence-corrected chi connectivity index (χ3v) is 5.51. The molecular formula is C19H28LiN3O5. The van der Waals surface area contributed by atoms with Crippen molar-refractivity contribution in [3.63, 3.8) is 0 Å². The fourth-order valence-electron chi connectivity index (χ4n) is 3.98. The van der Waals surface area contributed by atoms with Crippen LogP contribution in [0.25, 0.3) is 0 Å². The first-order valence-electron chi connectivity index (χ1n) is 9.64. The molecular weight excluding hydrogens is 357 g/mol. The van der Waals surface area contributed by atoms with E-state index in [1.165, 1.54) is 12.7 Å². The van der Waals surface area contributed by atoms with Gasteiger partial charge in [0.25, 0.3) is 5.91 Å². The first-order valence-corrected chi connectivity index (χ1v) is 9.64. The topological polar surface area (TPSA) is 103 Å². The Labute approximate surface area is 178 Å². The molecule has 2 fully saturated rings. The quantitative estimate of drug-likeness (QED) is 0.652. The number of hydrogen-bond donors (Lipinski definition) is 2. The summed E-state index contributed by atoms with van der Waals surface area (Å²) in [5, 5.41) is 12.1. The van der Waals surface area contributed by atoms with Crippen LogP contribution in [0.1, 0.15) is 50.5 Å². The number of carbonyl (C=O) groups is 3. The van der Waals surface area contributed by atoms with E-state index in [4.69, 9.17) is 4.42 Å². The van der Waals surface area contributed by atoms with E-state index in [1.807, 2.05) is 0 Å². The Kier molecular flexibility index (Phi) is 8.46. The van der Waals surface area contributed by atoms with E-state index in [0.717, 1.165) is 25.7 Å². The minimum Gasteiger partial charge on any atom is -1.00 e. The van der Waals surface area contributed by atoms with Crippen molar-refractivity contribution in [3.8, 4) is 0 Å². The van der Waals surface area contributed by atoms with Crippen molar-refractivity contribution in [3.05, 3.63) is 24.2 Å². The van der Waals surface area contributed by atoms with Crippen LogP contribution in [0, 0.1) is 5.92 Å². The van der Waals surface area contributed by atoms with Crippen molar-refractivity contribution < 1.29 is 44.2 Å². The van der Waals surface area contributed by atoms with Gasteiger partial charge in [-0.3, -0.25) is 9.59 Å². The Morgan fingerprint density at radius 2 is 1.79 bits per heavy atom. The molecule has 0 bridgehead atoms. The SMILES string of the molecule is O=C(O)CC(NC(=O)N1CCN(C(=O)c2ccco2)CC1)C1CCCCC1.[H-].[Li+]. The molecule has 1 saturated carbocycles. The number of nitrogens with one attached hydrogen (secondary N) is 1. The van der Waals surface area contributed by atoms with Crippen LogP contribution < -0.4 is 24.2 Å². The summed E-state index contributed by atoms with van der Waals surface area (Å²) >= 11 is 0. The number of piperazine rings is 1. The van der Waals surface area contributed by atoms with Gasteiger partial charge in [0.05, 0.1) is 12.7 Å². The van der Waals surface area contributed by atoms with E-state index >= 15 is 0 Å². The normalized spacial score (nSPS) is 18.9. The second-order valence-corrected chi connectivity index (χ2v) is 7.31. The van der Waals surface area contributed by atoms with Gasteiger partial charge in [0, 0.05) is 32.2 Å². The summed E-state index contributed by atoms with van der Waals surface area (Å²) in [5.41, 5.74) is 0. The van der Waals surface area contributed by atoms with Crippen molar-refractivity contribution in [1.82, 2.24) is 15.1 Å². The molecule has 1 atom stereocenters. The van der Waals surface area contributed by atoms with Gasteiger partial charge < -0.3 is 26.1 Å². The third kappa shape index (κ3) is 5.79. The van der Waals surface area contributed by atoms with Gasteiger partial charge in [-0.1, -0.05) is 19.3 Å². The average molecular weight is 385 g/mol. The average Bonchev–Trinajstić information content (AvgIpc) is 3.22. The monoisotopic (exact) mass is 385 g/mol. The number of carboxylic acids is 1. The van der Waals surface area contributed by atoms with E-state index < -0.39 is 5.97 Å². The minimum atomic E-state index is -0.889. The first-order chi connectivity index (χ1) is 13.0. The van der Waals surface area contributed by atoms with Crippen LogP contribution in [-0.4, -0.2) is 65.0 Å². The summed E-state index contributed by atoms with van der Waals surface area (Å²) in [4.78, 5) is 39.5. The van der Waals surface area contributed by atoms with Crippen molar-refractivity contribution in [2.75, 3.05) is 26.2 Å². The van der Waals surface area contributed by atoms with E-state index in [-0.39, 0.29) is 50.6 Å². The Morgan fingerprint density at radius 1 is 1.14 bits per heavy atom. The molecule has 1 aliphatic heterocycles. The van der Waals surface area contributed by atoms with Crippen LogP contribution in [0.2, 0.25) is 0 Å². The van der Waals surface area contributed by atoms with Gasteiger partial charge in [-0.05, 0) is 30.9 Å². The Balaban J connectivity index is 0.00000210. The van der Waals surface area contributed by atoms with Gasteiger partial charge in [0.2, 0.25) is 0 Å². The van der Waals surface area contributed by atoms with Crippen LogP contribution >= 0.6 is 0 Å². The van der Waals surface area contributed by atoms with E-state index in [2.05, 4.69) is 5.32 Å². The summed E-state index contributed by atoms with van der Waals surface area (Å²) in [6.45, 7) is 1.70. The number of nitrogens with zero attached hydrogens (tertiary/aromatic N) is 2. The van der Waals surface area contributed by atoms with Gasteiger partial charge in [0.15, 0.2) is 5.76 Å². The first kappa shape index (κ1) is 22.4. The Bertz CT molecular complexity index is 659. The number of amides is 3. The number of carbonyl (C=O) groups excluding carboxylic acids is 2. The summed E-state index contributed by atoms with van der Waals surface area (Å²) in [6.07, 6.45) is 6.69. The molecule has 2 aliphatic rings. The molecule has 2 heterocycles. The van der Waals surface area contributed by atoms with E-state index in [9.17, 15) is 19.5 Å². The molecule has 8 nitrogen and oxygen atoms in total. The molecule has 150 valence electrons. The number of carboxylic acid groups (broad SMARTS) is 1. The standard InChI is InChI=1S/C19H27N3O5.Li.H/c23-17(24)13-15(14-5-2-1-3-6-14)20-19(26)22-10-8-21(9-11-22)18(25)16-7-4-12-27-16;;/h4,7,12,14-15H,1-3,5-6,8-11,13H2,(H,20,26)(H,23,24);;/q;+1;-1. The van der Waals surface area contributed by atoms with Gasteiger partial charge in [-0.25, -0.2) is 4.79 Å². The van der Waals surface area contributed by atoms with Crippen LogP contribution in [0.3, 0.4) is 0 Å². The van der Waals surface area contributed by atoms with Crippen LogP contribution in [0.5, 0.6) is 0 Å². The van der Waals surface area contributed by atoms with Crippen molar-refractivity contribution in [1.29, 1.82) is 0 Å². The number of hydrogen-bond acceptors (Lipinski definition) is 4. The maximum absolute atomic E-state index is 12.6. The summed E-state index contributed by atoms with van der Waals surface area (Å²) in [7, 11) is 0. The van der Waals surface area contributed by atoms with Crippen LogP contribution in [0.4, 0.5) is 4.79 Å². The zero-order valence-corrected chi connectivity index (χ0v) is 16.4. The molecule has 0 radical (unpaired) electrons. The number of rotatable bonds is 5. The smallest absolute Gasteiger partial charge is 1.00 e. The minimum absolute atomic E-state index is 0. The molecule has 1 saturated heterocycles. The van der Waals surface area contributed by atoms with Crippen molar-refractivity contribution in [2.24, 2.45) is 5.92 Å². The molecule has 0 aromatic carbocycles. The summed E-state index contributed by atoms with van der Waals surface area (Å²) in [6, 6.07) is 2.72. The fourth-order valence-corrected chi connectivity index (χ4v) is 3.98. The van der Waals surface area contributed by atoms with Crippen LogP contribution in [-0.2, 0) is 4.79 Å². The maximum Gasteiger partial charge on any atom is 1.00 e. The molecule has 28 heavy (non-hydrogen) atoms. The molecule has 3 rings (SSSR count). The predicted molar refractivity (Wildman–Crippen MR) is 98.4 cm³/mol. The third-order valence-electron chi connectivity index (χ3n) is 5.51. The second-order valence-electron chi connectivity index (χ2n) is 7.31.